The summed E-state index contributed by atoms with van der Waals surface area (Å²) in [6, 6.07) is 0. The zero-order valence-corrected chi connectivity index (χ0v) is 10.8. The van der Waals surface area contributed by atoms with Crippen molar-refractivity contribution in [1.29, 1.82) is 0 Å². The van der Waals surface area contributed by atoms with Crippen LogP contribution >= 0.6 is 18.5 Å². The van der Waals surface area contributed by atoms with Crippen molar-refractivity contribution in [2.24, 2.45) is 0 Å². The highest BCUT2D eigenvalue weighted by atomic mass is 35.7. The predicted octanol–water partition coefficient (Wildman–Crippen LogP) is 6.20. The second-order valence-electron chi connectivity index (χ2n) is 3.51. The Morgan fingerprint density at radius 3 is 0.773 bits per heavy atom. The van der Waals surface area contributed by atoms with E-state index in [0.717, 1.165) is 0 Å². The predicted molar refractivity (Wildman–Crippen MR) is 44.7 cm³/mol. The van der Waals surface area contributed by atoms with Gasteiger partial charge in [0.2, 0.25) is 0 Å². The van der Waals surface area contributed by atoms with Gasteiger partial charge in [0.25, 0.3) is 0 Å². The van der Waals surface area contributed by atoms with E-state index in [1.807, 2.05) is 0 Å². The first-order valence-electron chi connectivity index (χ1n) is 4.26. The van der Waals surface area contributed by atoms with Crippen LogP contribution in [0.2, 0.25) is 0 Å². The third-order valence-corrected chi connectivity index (χ3v) is 4.78. The molecule has 0 bridgehead atoms. The van der Waals surface area contributed by atoms with Gasteiger partial charge in [0.1, 0.15) is 0 Å². The molecule has 0 nitrogen and oxygen atoms in total. The molecule has 0 unspecified atom stereocenters. The Morgan fingerprint density at radius 1 is 0.455 bits per heavy atom. The first-order chi connectivity index (χ1) is 9.15. The standard InChI is InChI=1S/C6ClF14P/c7-22(5(18,19)1(8,9)3(12,13)14)6(20,21)2(10,11)4(15,16)17. The fourth-order valence-electron chi connectivity index (χ4n) is 0.764. The lowest BCUT2D eigenvalue weighted by atomic mass is 10.3. The molecule has 0 aliphatic rings. The molecule has 0 saturated carbocycles. The molecule has 0 rings (SSSR count). The van der Waals surface area contributed by atoms with Gasteiger partial charge in [-0.3, -0.25) is 0 Å². The minimum absolute atomic E-state index is 3.85. The molecule has 16 heteroatoms. The van der Waals surface area contributed by atoms with Gasteiger partial charge in [0, 0.05) is 0 Å². The fourth-order valence-corrected chi connectivity index (χ4v) is 2.50. The molecule has 0 radical (unpaired) electrons. The van der Waals surface area contributed by atoms with Gasteiger partial charge in [-0.05, 0) is 0 Å². The molecule has 22 heavy (non-hydrogen) atoms. The van der Waals surface area contributed by atoms with Gasteiger partial charge >= 0.3 is 35.5 Å². The van der Waals surface area contributed by atoms with Crippen LogP contribution in [0.4, 0.5) is 61.5 Å². The van der Waals surface area contributed by atoms with Crippen LogP contribution in [0.3, 0.4) is 0 Å². The summed E-state index contributed by atoms with van der Waals surface area (Å²) >= 11 is 3.85. The summed E-state index contributed by atoms with van der Waals surface area (Å²) in [5.74, 6) is -14.7. The maximum atomic E-state index is 12.8. The summed E-state index contributed by atoms with van der Waals surface area (Å²) in [7, 11) is -6.31. The molecule has 0 amide bonds. The molecule has 0 heterocycles. The Bertz CT molecular complexity index is 369. The zero-order valence-electron chi connectivity index (χ0n) is 9.12. The number of rotatable bonds is 4. The lowest BCUT2D eigenvalue weighted by molar-refractivity contribution is -0.342. The van der Waals surface area contributed by atoms with E-state index in [2.05, 4.69) is 11.2 Å². The number of alkyl halides is 14. The molecule has 0 aromatic carbocycles. The molecule has 0 aromatic heterocycles. The van der Waals surface area contributed by atoms with Crippen molar-refractivity contribution in [3.63, 3.8) is 0 Å². The van der Waals surface area contributed by atoms with Crippen molar-refractivity contribution in [2.45, 2.75) is 35.5 Å². The smallest absolute Gasteiger partial charge is 0.193 e. The highest BCUT2D eigenvalue weighted by Crippen LogP contribution is 2.76. The van der Waals surface area contributed by atoms with Crippen LogP contribution in [0.1, 0.15) is 0 Å². The van der Waals surface area contributed by atoms with E-state index in [-0.39, 0.29) is 0 Å². The number of hydrogen-bond donors (Lipinski definition) is 0. The van der Waals surface area contributed by atoms with E-state index in [9.17, 15) is 61.5 Å². The molecule has 0 spiro atoms. The van der Waals surface area contributed by atoms with Gasteiger partial charge in [0.15, 0.2) is 7.27 Å². The fraction of sp³-hybridized carbons (Fsp3) is 1.00. The summed E-state index contributed by atoms with van der Waals surface area (Å²) in [5, 5.41) is 0. The Labute approximate surface area is 116 Å². The zero-order chi connectivity index (χ0) is 18.6. The molecular formula is C6ClF14P. The average molecular weight is 404 g/mol. The highest BCUT2D eigenvalue weighted by molar-refractivity contribution is 7.85. The highest BCUT2D eigenvalue weighted by Gasteiger charge is 2.85. The van der Waals surface area contributed by atoms with Gasteiger partial charge in [-0.25, -0.2) is 0 Å². The summed E-state index contributed by atoms with van der Waals surface area (Å²) in [6.07, 6.45) is -14.5. The normalized spacial score (nSPS) is 16.4. The summed E-state index contributed by atoms with van der Waals surface area (Å²) in [6.45, 7) is 0. The van der Waals surface area contributed by atoms with Crippen LogP contribution in [-0.4, -0.2) is 35.5 Å². The van der Waals surface area contributed by atoms with Crippen molar-refractivity contribution >= 4 is 18.5 Å². The van der Waals surface area contributed by atoms with Gasteiger partial charge in [-0.1, -0.05) is 11.2 Å². The monoisotopic (exact) mass is 404 g/mol. The van der Waals surface area contributed by atoms with Crippen LogP contribution in [0.15, 0.2) is 0 Å². The first-order valence-corrected chi connectivity index (χ1v) is 6.51. The summed E-state index contributed by atoms with van der Waals surface area (Å²) in [4.78, 5) is 0. The summed E-state index contributed by atoms with van der Waals surface area (Å²) in [5.41, 5.74) is -14.2. The van der Waals surface area contributed by atoms with Gasteiger partial charge in [-0.15, -0.1) is 0 Å². The second-order valence-corrected chi connectivity index (χ2v) is 6.21. The van der Waals surface area contributed by atoms with Crippen LogP contribution in [0.25, 0.3) is 0 Å². The van der Waals surface area contributed by atoms with Crippen molar-refractivity contribution in [3.8, 4) is 0 Å². The Hall–Kier alpha value is -0.260. The maximum Gasteiger partial charge on any atom is 0.460 e. The second kappa shape index (κ2) is 5.38. The average Bonchev–Trinajstić information content (AvgIpc) is 2.24. The SMILES string of the molecule is FC(F)(F)C(F)(F)C(F)(F)P(Cl)C(F)(F)C(F)(F)C(F)(F)F. The molecule has 0 aliphatic carbocycles. The topological polar surface area (TPSA) is 0 Å². The lowest BCUT2D eigenvalue weighted by Gasteiger charge is -2.37. The molecule has 0 aliphatic heterocycles. The molecule has 0 atom stereocenters. The number of halogens is 15. The summed E-state index contributed by atoms with van der Waals surface area (Å²) < 4.78 is 171. The minimum atomic E-state index is -7.36. The van der Waals surface area contributed by atoms with Gasteiger partial charge < -0.3 is 0 Å². The van der Waals surface area contributed by atoms with Gasteiger partial charge in [0.05, 0.1) is 0 Å². The lowest BCUT2D eigenvalue weighted by Crippen LogP contribution is -2.56. The van der Waals surface area contributed by atoms with E-state index >= 15 is 0 Å². The van der Waals surface area contributed by atoms with E-state index in [1.54, 1.807) is 0 Å². The minimum Gasteiger partial charge on any atom is -0.193 e. The quantitative estimate of drug-likeness (QED) is 0.386. The van der Waals surface area contributed by atoms with Gasteiger partial charge in [-0.2, -0.15) is 61.5 Å². The van der Waals surface area contributed by atoms with Crippen molar-refractivity contribution < 1.29 is 61.5 Å². The van der Waals surface area contributed by atoms with E-state index < -0.39 is 42.8 Å². The first kappa shape index (κ1) is 21.7. The maximum absolute atomic E-state index is 12.8. The Kier molecular flexibility index (Phi) is 5.32. The molecule has 134 valence electrons. The van der Waals surface area contributed by atoms with E-state index in [4.69, 9.17) is 0 Å². The Morgan fingerprint density at radius 2 is 0.636 bits per heavy atom. The van der Waals surface area contributed by atoms with Crippen LogP contribution < -0.4 is 0 Å². The van der Waals surface area contributed by atoms with Crippen LogP contribution in [-0.2, 0) is 0 Å². The molecule has 0 aromatic rings. The third-order valence-electron chi connectivity index (χ3n) is 1.96. The van der Waals surface area contributed by atoms with Crippen molar-refractivity contribution in [1.82, 2.24) is 0 Å². The molecule has 0 saturated heterocycles. The van der Waals surface area contributed by atoms with Crippen LogP contribution in [0, 0.1) is 0 Å². The van der Waals surface area contributed by atoms with Crippen molar-refractivity contribution in [2.75, 3.05) is 0 Å². The van der Waals surface area contributed by atoms with Crippen LogP contribution in [0.5, 0.6) is 0 Å². The number of hydrogen-bond acceptors (Lipinski definition) is 0. The molecule has 0 N–H and O–H groups in total. The largest absolute Gasteiger partial charge is 0.460 e. The van der Waals surface area contributed by atoms with E-state index in [1.165, 1.54) is 0 Å². The Balaban J connectivity index is 6.00. The molecule has 0 fully saturated rings. The van der Waals surface area contributed by atoms with Crippen molar-refractivity contribution in [3.05, 3.63) is 0 Å². The molecular weight excluding hydrogens is 404 g/mol. The van der Waals surface area contributed by atoms with E-state index in [0.29, 0.717) is 0 Å². The third kappa shape index (κ3) is 3.04.